The molecule has 5 aromatic rings. The Morgan fingerprint density at radius 1 is 0.644 bits per heavy atom. The van der Waals surface area contributed by atoms with Crippen LogP contribution in [0.15, 0.2) is 196 Å². The SMILES string of the molecule is CC(=NC(=NC(=N)C1=CC2=C(CC1)c1ccccc1C2(C)C)c1ccc2c(c1)C1(C3=C(CCC=C3)C3C=CC=CC31)c1ccccc1-2)c1ccc(-c2ccccc2)cc1. The van der Waals surface area contributed by atoms with Crippen molar-refractivity contribution >= 4 is 23.0 Å². The molecule has 0 radical (unpaired) electrons. The van der Waals surface area contributed by atoms with Gasteiger partial charge >= 0.3 is 0 Å². The van der Waals surface area contributed by atoms with Gasteiger partial charge in [-0.15, -0.1) is 0 Å². The van der Waals surface area contributed by atoms with E-state index in [1.165, 1.54) is 61.2 Å². The van der Waals surface area contributed by atoms with Crippen LogP contribution in [0.25, 0.3) is 27.8 Å². The molecule has 0 fully saturated rings. The molecule has 1 spiro atoms. The molecule has 3 heteroatoms. The van der Waals surface area contributed by atoms with Crippen molar-refractivity contribution in [2.45, 2.75) is 57.3 Å². The smallest absolute Gasteiger partial charge is 0.161 e. The second-order valence-electron chi connectivity index (χ2n) is 17.5. The fraction of sp³-hybridized carbons (Fsp3) is 0.196. The van der Waals surface area contributed by atoms with Gasteiger partial charge in [0.2, 0.25) is 0 Å². The minimum absolute atomic E-state index is 0.128. The van der Waals surface area contributed by atoms with Gasteiger partial charge in [-0.1, -0.05) is 177 Å². The highest BCUT2D eigenvalue weighted by Gasteiger charge is 2.57. The first-order valence-corrected chi connectivity index (χ1v) is 21.3. The Bertz CT molecular complexity index is 2870. The molecule has 3 nitrogen and oxygen atoms in total. The van der Waals surface area contributed by atoms with E-state index in [9.17, 15) is 5.41 Å². The Morgan fingerprint density at radius 3 is 2.17 bits per heavy atom. The molecule has 0 saturated carbocycles. The van der Waals surface area contributed by atoms with Crippen LogP contribution in [-0.4, -0.2) is 17.4 Å². The van der Waals surface area contributed by atoms with E-state index in [4.69, 9.17) is 9.98 Å². The molecule has 286 valence electrons. The fourth-order valence-corrected chi connectivity index (χ4v) is 11.3. The van der Waals surface area contributed by atoms with Crippen LogP contribution in [0.1, 0.15) is 79.8 Å². The van der Waals surface area contributed by atoms with E-state index in [2.05, 4.69) is 185 Å². The molecule has 11 rings (SSSR count). The third-order valence-electron chi connectivity index (χ3n) is 14.1. The van der Waals surface area contributed by atoms with Crippen molar-refractivity contribution in [3.05, 3.63) is 220 Å². The van der Waals surface area contributed by atoms with Gasteiger partial charge in [0, 0.05) is 28.5 Å². The summed E-state index contributed by atoms with van der Waals surface area (Å²) in [5, 5.41) is 9.66. The highest BCUT2D eigenvalue weighted by atomic mass is 15.0. The molecule has 6 aliphatic carbocycles. The second-order valence-corrected chi connectivity index (χ2v) is 17.5. The number of rotatable bonds is 4. The minimum atomic E-state index is -0.317. The zero-order valence-corrected chi connectivity index (χ0v) is 34.0. The van der Waals surface area contributed by atoms with Crippen LogP contribution >= 0.6 is 0 Å². The van der Waals surface area contributed by atoms with Gasteiger partial charge in [0.25, 0.3) is 0 Å². The van der Waals surface area contributed by atoms with Gasteiger partial charge in [-0.25, -0.2) is 9.98 Å². The lowest BCUT2D eigenvalue weighted by Crippen LogP contribution is -2.34. The zero-order valence-electron chi connectivity index (χ0n) is 34.0. The van der Waals surface area contributed by atoms with Crippen LogP contribution in [0, 0.1) is 17.2 Å². The average molecular weight is 762 g/mol. The number of nitrogens with one attached hydrogen (secondary N) is 1. The predicted octanol–water partition coefficient (Wildman–Crippen LogP) is 13.3. The molecule has 0 bridgehead atoms. The van der Waals surface area contributed by atoms with Gasteiger partial charge in [0.15, 0.2) is 5.84 Å². The number of aliphatic imine (C=N–C) groups is 2. The van der Waals surface area contributed by atoms with E-state index in [1.54, 1.807) is 5.57 Å². The van der Waals surface area contributed by atoms with Crippen molar-refractivity contribution in [3.63, 3.8) is 0 Å². The number of benzene rings is 5. The third-order valence-corrected chi connectivity index (χ3v) is 14.1. The van der Waals surface area contributed by atoms with Crippen molar-refractivity contribution in [3.8, 4) is 22.3 Å². The molecule has 3 unspecified atom stereocenters. The van der Waals surface area contributed by atoms with Gasteiger partial charge < -0.3 is 0 Å². The topological polar surface area (TPSA) is 48.6 Å². The number of fused-ring (bicyclic) bond motifs is 11. The number of amidine groups is 2. The highest BCUT2D eigenvalue weighted by Crippen LogP contribution is 2.65. The molecule has 3 atom stereocenters. The van der Waals surface area contributed by atoms with Crippen molar-refractivity contribution < 1.29 is 0 Å². The molecule has 59 heavy (non-hydrogen) atoms. The predicted molar refractivity (Wildman–Crippen MR) is 245 cm³/mol. The van der Waals surface area contributed by atoms with Crippen molar-refractivity contribution in [1.29, 1.82) is 5.41 Å². The van der Waals surface area contributed by atoms with Crippen LogP contribution < -0.4 is 0 Å². The molecule has 6 aliphatic rings. The molecule has 0 amide bonds. The normalized spacial score (nSPS) is 23.1. The van der Waals surface area contributed by atoms with Gasteiger partial charge in [0.1, 0.15) is 5.84 Å². The summed E-state index contributed by atoms with van der Waals surface area (Å²) in [7, 11) is 0. The second kappa shape index (κ2) is 13.6. The van der Waals surface area contributed by atoms with Crippen molar-refractivity contribution in [2.24, 2.45) is 21.8 Å². The summed E-state index contributed by atoms with van der Waals surface area (Å²) in [6.07, 6.45) is 20.3. The molecule has 1 N–H and O–H groups in total. The fourth-order valence-electron chi connectivity index (χ4n) is 11.3. The summed E-state index contributed by atoms with van der Waals surface area (Å²) in [5.74, 6) is 1.50. The maximum atomic E-state index is 9.66. The quantitative estimate of drug-likeness (QED) is 0.140. The highest BCUT2D eigenvalue weighted by molar-refractivity contribution is 6.17. The Balaban J connectivity index is 1.06. The maximum absolute atomic E-state index is 9.66. The monoisotopic (exact) mass is 761 g/mol. The number of nitrogens with zero attached hydrogens (tertiary/aromatic N) is 2. The van der Waals surface area contributed by atoms with E-state index in [0.717, 1.165) is 48.1 Å². The number of hydrogen-bond acceptors (Lipinski definition) is 1. The Labute approximate surface area is 347 Å². The van der Waals surface area contributed by atoms with Crippen LogP contribution in [0.5, 0.6) is 0 Å². The minimum Gasteiger partial charge on any atom is -0.283 e. The van der Waals surface area contributed by atoms with Crippen LogP contribution in [0.4, 0.5) is 0 Å². The molecule has 0 aliphatic heterocycles. The maximum Gasteiger partial charge on any atom is 0.161 e. The number of allylic oxidation sites excluding steroid dienone is 11. The van der Waals surface area contributed by atoms with E-state index in [1.807, 2.05) is 0 Å². The lowest BCUT2D eigenvalue weighted by Gasteiger charge is -2.37. The average Bonchev–Trinajstić information content (AvgIpc) is 3.84. The largest absolute Gasteiger partial charge is 0.283 e. The summed E-state index contributed by atoms with van der Waals surface area (Å²) in [6.45, 7) is 6.70. The molecule has 0 aromatic heterocycles. The first kappa shape index (κ1) is 35.7. The van der Waals surface area contributed by atoms with Crippen molar-refractivity contribution in [1.82, 2.24) is 0 Å². The van der Waals surface area contributed by atoms with Gasteiger partial charge in [-0.2, -0.15) is 0 Å². The summed E-state index contributed by atoms with van der Waals surface area (Å²) < 4.78 is 0. The molecular weight excluding hydrogens is 715 g/mol. The Hall–Kier alpha value is -6.45. The van der Waals surface area contributed by atoms with Crippen LogP contribution in [0.2, 0.25) is 0 Å². The van der Waals surface area contributed by atoms with Crippen LogP contribution in [0.3, 0.4) is 0 Å². The lowest BCUT2D eigenvalue weighted by molar-refractivity contribution is 0.431. The van der Waals surface area contributed by atoms with Gasteiger partial charge in [-0.3, -0.25) is 5.41 Å². The molecule has 5 aromatic carbocycles. The van der Waals surface area contributed by atoms with E-state index in [-0.39, 0.29) is 22.6 Å². The van der Waals surface area contributed by atoms with E-state index >= 15 is 0 Å². The van der Waals surface area contributed by atoms with Crippen molar-refractivity contribution in [2.75, 3.05) is 0 Å². The molecular formula is C56H47N3. The van der Waals surface area contributed by atoms with E-state index < -0.39 is 0 Å². The van der Waals surface area contributed by atoms with E-state index in [0.29, 0.717) is 11.8 Å². The van der Waals surface area contributed by atoms with Gasteiger partial charge in [0.05, 0.1) is 5.41 Å². The Morgan fingerprint density at radius 2 is 1.34 bits per heavy atom. The Kier molecular flexibility index (Phi) is 8.21. The summed E-state index contributed by atoms with van der Waals surface area (Å²) in [5.41, 5.74) is 19.5. The lowest BCUT2D eigenvalue weighted by atomic mass is 9.64. The van der Waals surface area contributed by atoms with Gasteiger partial charge in [-0.05, 0) is 111 Å². The summed E-state index contributed by atoms with van der Waals surface area (Å²) in [4.78, 5) is 10.6. The first-order chi connectivity index (χ1) is 28.8. The first-order valence-electron chi connectivity index (χ1n) is 21.3. The summed E-state index contributed by atoms with van der Waals surface area (Å²) >= 11 is 0. The number of hydrogen-bond donors (Lipinski definition) is 1. The third kappa shape index (κ3) is 5.37. The summed E-state index contributed by atoms with van der Waals surface area (Å²) in [6, 6.07) is 43.9. The van der Waals surface area contributed by atoms with Crippen LogP contribution in [-0.2, 0) is 10.8 Å². The molecule has 0 saturated heterocycles. The zero-order chi connectivity index (χ0) is 39.9. The molecule has 0 heterocycles. The standard InChI is InChI=1S/C56H47N3/c1-35(36-25-27-38(28-26-36)37-15-5-4-6-16-37)58-54(59-53(57)39-29-31-45-41-17-7-11-21-47(41)55(2,3)51(45)33-39)40-30-32-46-44-20-10-14-24-50(44)56(52(46)34-40)48-22-12-8-18-42(48)43-19-9-13-23-49(43)56/h4-8,10-18,20-28,30,32-34,42,48,57H,9,19,29,31H2,1-3H3.